The van der Waals surface area contributed by atoms with Crippen LogP contribution in [0.1, 0.15) is 72.7 Å². The van der Waals surface area contributed by atoms with Crippen LogP contribution in [0.3, 0.4) is 0 Å². The van der Waals surface area contributed by atoms with Crippen molar-refractivity contribution in [2.45, 2.75) is 80.4 Å². The van der Waals surface area contributed by atoms with Gasteiger partial charge < -0.3 is 9.84 Å². The minimum absolute atomic E-state index is 0.602. The molecule has 0 aromatic heterocycles. The zero-order valence-electron chi connectivity index (χ0n) is 22.1. The van der Waals surface area contributed by atoms with E-state index in [1.165, 1.54) is 22.3 Å². The largest absolute Gasteiger partial charge is 0.479 e. The van der Waals surface area contributed by atoms with Crippen LogP contribution < -0.4 is 0 Å². The molecule has 3 heteroatoms. The summed E-state index contributed by atoms with van der Waals surface area (Å²) in [5, 5.41) is 10.3. The van der Waals surface area contributed by atoms with Crippen molar-refractivity contribution in [1.82, 2.24) is 0 Å². The van der Waals surface area contributed by atoms with Gasteiger partial charge in [0.15, 0.2) is 6.10 Å². The fraction of sp³-hybridized carbons (Fsp3) is 0.387. The van der Waals surface area contributed by atoms with E-state index in [0.29, 0.717) is 6.42 Å². The molecule has 0 bridgehead atoms. The number of ether oxygens (including phenoxy) is 1. The summed E-state index contributed by atoms with van der Waals surface area (Å²) in [5.74, 6) is -0.965. The zero-order valence-corrected chi connectivity index (χ0v) is 22.1. The highest BCUT2D eigenvalue weighted by molar-refractivity contribution is 5.87. The quantitative estimate of drug-likeness (QED) is 0.406. The van der Waals surface area contributed by atoms with Crippen molar-refractivity contribution in [2.75, 3.05) is 0 Å². The minimum atomic E-state index is -1.06. The highest BCUT2D eigenvalue weighted by Gasteiger charge is 2.32. The third kappa shape index (κ3) is 5.26. The monoisotopic (exact) mass is 458 g/mol. The molecule has 34 heavy (non-hydrogen) atoms. The van der Waals surface area contributed by atoms with E-state index in [1.54, 1.807) is 0 Å². The number of rotatable bonds is 6. The molecule has 0 saturated heterocycles. The van der Waals surface area contributed by atoms with Crippen LogP contribution >= 0.6 is 0 Å². The number of aliphatic carboxylic acids is 1. The molecular weight excluding hydrogens is 420 g/mol. The van der Waals surface area contributed by atoms with Gasteiger partial charge in [-0.05, 0) is 117 Å². The number of carboxylic acid groups (broad SMARTS) is 1. The van der Waals surface area contributed by atoms with Crippen LogP contribution in [0.25, 0.3) is 22.3 Å². The van der Waals surface area contributed by atoms with Gasteiger partial charge >= 0.3 is 5.97 Å². The first-order valence-electron chi connectivity index (χ1n) is 12.1. The third-order valence-electron chi connectivity index (χ3n) is 6.67. The minimum Gasteiger partial charge on any atom is -0.479 e. The molecule has 1 N–H and O–H groups in total. The molecule has 180 valence electrons. The van der Waals surface area contributed by atoms with Gasteiger partial charge in [0, 0.05) is 5.56 Å². The molecule has 3 nitrogen and oxygen atoms in total. The summed E-state index contributed by atoms with van der Waals surface area (Å²) < 4.78 is 6.18. The molecule has 0 spiro atoms. The van der Waals surface area contributed by atoms with Crippen LogP contribution in [0.4, 0.5) is 0 Å². The summed E-state index contributed by atoms with van der Waals surface area (Å²) in [6.07, 6.45) is -0.346. The van der Waals surface area contributed by atoms with E-state index in [0.717, 1.165) is 38.9 Å². The van der Waals surface area contributed by atoms with Gasteiger partial charge in [-0.15, -0.1) is 0 Å². The number of hydrogen-bond acceptors (Lipinski definition) is 2. The lowest BCUT2D eigenvalue weighted by Crippen LogP contribution is -2.28. The average molecular weight is 459 g/mol. The molecular formula is C31H38O3. The molecule has 0 heterocycles. The normalized spacial score (nSPS) is 12.6. The van der Waals surface area contributed by atoms with Crippen LogP contribution in [0.2, 0.25) is 0 Å². The van der Waals surface area contributed by atoms with Crippen molar-refractivity contribution in [3.8, 4) is 22.3 Å². The molecule has 1 unspecified atom stereocenters. The van der Waals surface area contributed by atoms with E-state index in [1.807, 2.05) is 20.8 Å². The zero-order chi connectivity index (χ0) is 25.4. The van der Waals surface area contributed by atoms with E-state index >= 15 is 0 Å². The lowest BCUT2D eigenvalue weighted by molar-refractivity contribution is -0.160. The number of hydrogen-bond donors (Lipinski definition) is 1. The smallest absolute Gasteiger partial charge is 0.337 e. The summed E-state index contributed by atoms with van der Waals surface area (Å²) in [4.78, 5) is 12.6. The Kier molecular flexibility index (Phi) is 7.38. The second kappa shape index (κ2) is 9.76. The van der Waals surface area contributed by atoms with Gasteiger partial charge in [0.2, 0.25) is 0 Å². The molecule has 3 aromatic carbocycles. The number of benzene rings is 3. The van der Waals surface area contributed by atoms with Gasteiger partial charge in [0.1, 0.15) is 0 Å². The van der Waals surface area contributed by atoms with E-state index in [-0.39, 0.29) is 0 Å². The van der Waals surface area contributed by atoms with Crippen LogP contribution in [0, 0.1) is 34.6 Å². The Labute approximate surface area is 204 Å². The molecule has 0 saturated carbocycles. The highest BCUT2D eigenvalue weighted by atomic mass is 16.5. The number of aryl methyl sites for hydroxylation is 5. The van der Waals surface area contributed by atoms with Crippen molar-refractivity contribution >= 4 is 5.97 Å². The fourth-order valence-electron chi connectivity index (χ4n) is 4.51. The molecule has 0 aliphatic heterocycles. The second-order valence-electron chi connectivity index (χ2n) is 10.4. The number of carbonyl (C=O) groups is 1. The molecule has 3 rings (SSSR count). The standard InChI is InChI=1S/C31H38O3/c1-10-23-17-26(24-13-11-18(2)20(4)15-24)22(6)27(25-14-12-19(3)21(5)16-25)28(23)29(30(32)33)34-31(7,8)9/h11-17,29H,10H2,1-9H3,(H,32,33). The molecule has 0 aliphatic carbocycles. The van der Waals surface area contributed by atoms with Crippen molar-refractivity contribution in [3.05, 3.63) is 81.4 Å². The Morgan fingerprint density at radius 1 is 0.853 bits per heavy atom. The first-order chi connectivity index (χ1) is 15.8. The molecule has 0 radical (unpaired) electrons. The van der Waals surface area contributed by atoms with Crippen LogP contribution in [-0.2, 0) is 16.0 Å². The van der Waals surface area contributed by atoms with Crippen molar-refractivity contribution in [1.29, 1.82) is 0 Å². The first-order valence-corrected chi connectivity index (χ1v) is 12.1. The maximum atomic E-state index is 12.6. The van der Waals surface area contributed by atoms with E-state index < -0.39 is 17.7 Å². The summed E-state index contributed by atoms with van der Waals surface area (Å²) in [5.41, 5.74) is 11.4. The van der Waals surface area contributed by atoms with E-state index in [4.69, 9.17) is 4.74 Å². The predicted molar refractivity (Wildman–Crippen MR) is 142 cm³/mol. The molecule has 1 atom stereocenters. The Balaban J connectivity index is 2.44. The third-order valence-corrected chi connectivity index (χ3v) is 6.67. The Bertz CT molecular complexity index is 1230. The van der Waals surface area contributed by atoms with Gasteiger partial charge in [-0.25, -0.2) is 4.79 Å². The molecule has 3 aromatic rings. The van der Waals surface area contributed by atoms with Gasteiger partial charge in [0.25, 0.3) is 0 Å². The lowest BCUT2D eigenvalue weighted by Gasteiger charge is -2.30. The van der Waals surface area contributed by atoms with Crippen LogP contribution in [-0.4, -0.2) is 16.7 Å². The maximum absolute atomic E-state index is 12.6. The van der Waals surface area contributed by atoms with Gasteiger partial charge in [0.05, 0.1) is 5.60 Å². The van der Waals surface area contributed by atoms with Crippen LogP contribution in [0.15, 0.2) is 42.5 Å². The SMILES string of the molecule is CCc1cc(-c2ccc(C)c(C)c2)c(C)c(-c2ccc(C)c(C)c2)c1C(OC(C)(C)C)C(=O)O. The van der Waals surface area contributed by atoms with Gasteiger partial charge in [-0.2, -0.15) is 0 Å². The van der Waals surface area contributed by atoms with Gasteiger partial charge in [-0.1, -0.05) is 49.4 Å². The lowest BCUT2D eigenvalue weighted by atomic mass is 9.82. The molecule has 0 fully saturated rings. The van der Waals surface area contributed by atoms with Crippen molar-refractivity contribution < 1.29 is 14.6 Å². The van der Waals surface area contributed by atoms with Gasteiger partial charge in [-0.3, -0.25) is 0 Å². The predicted octanol–water partition coefficient (Wildman–Crippen LogP) is 8.07. The second-order valence-corrected chi connectivity index (χ2v) is 10.4. The first kappa shape index (κ1) is 25.7. The van der Waals surface area contributed by atoms with Crippen molar-refractivity contribution in [2.24, 2.45) is 0 Å². The Hall–Kier alpha value is -2.91. The highest BCUT2D eigenvalue weighted by Crippen LogP contribution is 2.42. The van der Waals surface area contributed by atoms with Crippen LogP contribution in [0.5, 0.6) is 0 Å². The Morgan fingerprint density at radius 2 is 1.38 bits per heavy atom. The summed E-state index contributed by atoms with van der Waals surface area (Å²) in [6.45, 7) is 18.3. The summed E-state index contributed by atoms with van der Waals surface area (Å²) in [7, 11) is 0. The maximum Gasteiger partial charge on any atom is 0.337 e. The van der Waals surface area contributed by atoms with E-state index in [9.17, 15) is 9.90 Å². The average Bonchev–Trinajstić information content (AvgIpc) is 2.75. The molecule has 0 amide bonds. The topological polar surface area (TPSA) is 46.5 Å². The van der Waals surface area contributed by atoms with Crippen molar-refractivity contribution in [3.63, 3.8) is 0 Å². The van der Waals surface area contributed by atoms with E-state index in [2.05, 4.69) is 84.0 Å². The molecule has 0 aliphatic rings. The summed E-state index contributed by atoms with van der Waals surface area (Å²) in [6, 6.07) is 15.1. The fourth-order valence-corrected chi connectivity index (χ4v) is 4.51. The Morgan fingerprint density at radius 3 is 1.85 bits per heavy atom. The summed E-state index contributed by atoms with van der Waals surface area (Å²) >= 11 is 0. The number of carboxylic acids is 1.